The third-order valence-electron chi connectivity index (χ3n) is 3.36. The highest BCUT2D eigenvalue weighted by molar-refractivity contribution is 4.78. The largest absolute Gasteiger partial charge is 0.317 e. The molecule has 0 radical (unpaired) electrons. The monoisotopic (exact) mass is 197 g/mol. The summed E-state index contributed by atoms with van der Waals surface area (Å²) in [7, 11) is 2.12. The van der Waals surface area contributed by atoms with Crippen LogP contribution in [0.4, 0.5) is 0 Å². The van der Waals surface area contributed by atoms with E-state index in [0.717, 1.165) is 12.0 Å². The second-order valence-corrected chi connectivity index (χ2v) is 6.14. The van der Waals surface area contributed by atoms with E-state index in [1.165, 1.54) is 38.5 Å². The molecule has 0 saturated heterocycles. The van der Waals surface area contributed by atoms with Gasteiger partial charge in [0, 0.05) is 6.04 Å². The fraction of sp³-hybridized carbons (Fsp3) is 1.00. The first-order valence-corrected chi connectivity index (χ1v) is 6.18. The summed E-state index contributed by atoms with van der Waals surface area (Å²) in [5, 5.41) is 3.49. The lowest BCUT2D eigenvalue weighted by atomic mass is 9.84. The Kier molecular flexibility index (Phi) is 4.43. The van der Waals surface area contributed by atoms with Gasteiger partial charge in [0.25, 0.3) is 0 Å². The minimum absolute atomic E-state index is 0.465. The molecule has 1 fully saturated rings. The van der Waals surface area contributed by atoms with Gasteiger partial charge in [-0.15, -0.1) is 0 Å². The standard InChI is InChI=1S/C13H27N/c1-13(2,3)10-12(14-4)9-11-7-5-6-8-11/h11-12,14H,5-10H2,1-4H3. The van der Waals surface area contributed by atoms with Gasteiger partial charge in [0.1, 0.15) is 0 Å². The molecule has 0 aliphatic heterocycles. The van der Waals surface area contributed by atoms with Crippen LogP contribution in [-0.4, -0.2) is 13.1 Å². The topological polar surface area (TPSA) is 12.0 Å². The molecule has 0 spiro atoms. The Morgan fingerprint density at radius 2 is 1.79 bits per heavy atom. The van der Waals surface area contributed by atoms with Gasteiger partial charge in [-0.05, 0) is 31.2 Å². The minimum atomic E-state index is 0.465. The number of hydrogen-bond acceptors (Lipinski definition) is 1. The molecule has 1 saturated carbocycles. The van der Waals surface area contributed by atoms with Crippen LogP contribution in [0, 0.1) is 11.3 Å². The van der Waals surface area contributed by atoms with Crippen LogP contribution in [-0.2, 0) is 0 Å². The van der Waals surface area contributed by atoms with Crippen LogP contribution in [0.25, 0.3) is 0 Å². The summed E-state index contributed by atoms with van der Waals surface area (Å²) in [6.07, 6.45) is 8.59. The first-order chi connectivity index (χ1) is 6.51. The van der Waals surface area contributed by atoms with Crippen molar-refractivity contribution in [1.82, 2.24) is 5.32 Å². The van der Waals surface area contributed by atoms with Gasteiger partial charge < -0.3 is 5.32 Å². The molecule has 1 rings (SSSR count). The average Bonchev–Trinajstić information content (AvgIpc) is 2.53. The van der Waals surface area contributed by atoms with Gasteiger partial charge in [0.05, 0.1) is 0 Å². The van der Waals surface area contributed by atoms with Crippen molar-refractivity contribution in [2.75, 3.05) is 7.05 Å². The molecule has 1 aliphatic carbocycles. The molecule has 1 aliphatic rings. The summed E-state index contributed by atoms with van der Waals surface area (Å²) < 4.78 is 0. The zero-order valence-corrected chi connectivity index (χ0v) is 10.4. The minimum Gasteiger partial charge on any atom is -0.317 e. The Hall–Kier alpha value is -0.0400. The Morgan fingerprint density at radius 1 is 1.21 bits per heavy atom. The summed E-state index contributed by atoms with van der Waals surface area (Å²) in [6, 6.07) is 0.734. The smallest absolute Gasteiger partial charge is 0.00716 e. The van der Waals surface area contributed by atoms with Crippen LogP contribution in [0.15, 0.2) is 0 Å². The first kappa shape index (κ1) is 12.0. The summed E-state index contributed by atoms with van der Waals surface area (Å²) in [5.74, 6) is 1.01. The molecule has 0 aromatic carbocycles. The average molecular weight is 197 g/mol. The highest BCUT2D eigenvalue weighted by atomic mass is 14.9. The van der Waals surface area contributed by atoms with E-state index in [2.05, 4.69) is 33.1 Å². The normalized spacial score (nSPS) is 21.4. The molecular formula is C13H27N. The molecule has 0 amide bonds. The van der Waals surface area contributed by atoms with Crippen molar-refractivity contribution in [3.63, 3.8) is 0 Å². The van der Waals surface area contributed by atoms with Gasteiger partial charge in [0.2, 0.25) is 0 Å². The predicted octanol–water partition coefficient (Wildman–Crippen LogP) is 3.59. The van der Waals surface area contributed by atoms with Crippen molar-refractivity contribution in [2.45, 2.75) is 65.3 Å². The highest BCUT2D eigenvalue weighted by Gasteiger charge is 2.22. The third-order valence-corrected chi connectivity index (χ3v) is 3.36. The van der Waals surface area contributed by atoms with Crippen LogP contribution in [0.2, 0.25) is 0 Å². The van der Waals surface area contributed by atoms with Crippen LogP contribution in [0.5, 0.6) is 0 Å². The predicted molar refractivity (Wildman–Crippen MR) is 63.5 cm³/mol. The molecule has 1 nitrogen and oxygen atoms in total. The SMILES string of the molecule is CNC(CC1CCCC1)CC(C)(C)C. The van der Waals surface area contributed by atoms with Gasteiger partial charge in [-0.25, -0.2) is 0 Å². The fourth-order valence-electron chi connectivity index (χ4n) is 2.69. The van der Waals surface area contributed by atoms with Gasteiger partial charge >= 0.3 is 0 Å². The van der Waals surface area contributed by atoms with Crippen LogP contribution in [0.3, 0.4) is 0 Å². The number of rotatable bonds is 4. The van der Waals surface area contributed by atoms with E-state index < -0.39 is 0 Å². The van der Waals surface area contributed by atoms with Crippen molar-refractivity contribution in [3.05, 3.63) is 0 Å². The number of nitrogens with one attached hydrogen (secondary N) is 1. The van der Waals surface area contributed by atoms with E-state index in [9.17, 15) is 0 Å². The molecule has 14 heavy (non-hydrogen) atoms. The number of hydrogen-bond donors (Lipinski definition) is 1. The Bertz CT molecular complexity index is 151. The molecule has 0 bridgehead atoms. The molecular weight excluding hydrogens is 170 g/mol. The second-order valence-electron chi connectivity index (χ2n) is 6.14. The van der Waals surface area contributed by atoms with E-state index in [4.69, 9.17) is 0 Å². The van der Waals surface area contributed by atoms with Crippen molar-refractivity contribution in [1.29, 1.82) is 0 Å². The van der Waals surface area contributed by atoms with E-state index in [-0.39, 0.29) is 0 Å². The molecule has 0 aromatic rings. The maximum absolute atomic E-state index is 3.49. The molecule has 1 atom stereocenters. The maximum Gasteiger partial charge on any atom is 0.00716 e. The van der Waals surface area contributed by atoms with Crippen LogP contribution in [0.1, 0.15) is 59.3 Å². The van der Waals surface area contributed by atoms with Crippen molar-refractivity contribution >= 4 is 0 Å². The van der Waals surface area contributed by atoms with E-state index in [1.54, 1.807) is 0 Å². The van der Waals surface area contributed by atoms with E-state index >= 15 is 0 Å². The van der Waals surface area contributed by atoms with Gasteiger partial charge in [-0.2, -0.15) is 0 Å². The van der Waals surface area contributed by atoms with Crippen molar-refractivity contribution in [3.8, 4) is 0 Å². The highest BCUT2D eigenvalue weighted by Crippen LogP contribution is 2.31. The summed E-state index contributed by atoms with van der Waals surface area (Å²) >= 11 is 0. The van der Waals surface area contributed by atoms with Crippen LogP contribution >= 0.6 is 0 Å². The Morgan fingerprint density at radius 3 is 2.21 bits per heavy atom. The van der Waals surface area contributed by atoms with Gasteiger partial charge in [-0.1, -0.05) is 46.5 Å². The van der Waals surface area contributed by atoms with Crippen LogP contribution < -0.4 is 5.32 Å². The Balaban J connectivity index is 2.30. The lowest BCUT2D eigenvalue weighted by Gasteiger charge is -2.27. The third kappa shape index (κ3) is 4.45. The summed E-state index contributed by atoms with van der Waals surface area (Å²) in [4.78, 5) is 0. The van der Waals surface area contributed by atoms with Gasteiger partial charge in [-0.3, -0.25) is 0 Å². The summed E-state index contributed by atoms with van der Waals surface area (Å²) in [5.41, 5.74) is 0.465. The summed E-state index contributed by atoms with van der Waals surface area (Å²) in [6.45, 7) is 7.02. The molecule has 1 unspecified atom stereocenters. The quantitative estimate of drug-likeness (QED) is 0.726. The van der Waals surface area contributed by atoms with Crippen molar-refractivity contribution < 1.29 is 0 Å². The first-order valence-electron chi connectivity index (χ1n) is 6.18. The van der Waals surface area contributed by atoms with E-state index in [1.807, 2.05) is 0 Å². The molecule has 1 heteroatoms. The van der Waals surface area contributed by atoms with Crippen molar-refractivity contribution in [2.24, 2.45) is 11.3 Å². The lowest BCUT2D eigenvalue weighted by Crippen LogP contribution is -2.31. The van der Waals surface area contributed by atoms with Gasteiger partial charge in [0.15, 0.2) is 0 Å². The second kappa shape index (κ2) is 5.16. The molecule has 0 heterocycles. The molecule has 1 N–H and O–H groups in total. The van der Waals surface area contributed by atoms with E-state index in [0.29, 0.717) is 5.41 Å². The lowest BCUT2D eigenvalue weighted by molar-refractivity contribution is 0.281. The zero-order valence-electron chi connectivity index (χ0n) is 10.4. The maximum atomic E-state index is 3.49. The zero-order chi connectivity index (χ0) is 10.6. The molecule has 84 valence electrons. The Labute approximate surface area is 89.7 Å². The fourth-order valence-corrected chi connectivity index (χ4v) is 2.69. The molecule has 0 aromatic heterocycles.